The van der Waals surface area contributed by atoms with Crippen LogP contribution in [0, 0.1) is 17.8 Å². The molecule has 0 saturated heterocycles. The van der Waals surface area contributed by atoms with E-state index in [0.717, 1.165) is 108 Å². The summed E-state index contributed by atoms with van der Waals surface area (Å²) in [4.78, 5) is 73.1. The summed E-state index contributed by atoms with van der Waals surface area (Å²) in [6, 6.07) is 0. The van der Waals surface area contributed by atoms with E-state index in [1.54, 1.807) is 0 Å². The molecule has 19 heteroatoms. The highest BCUT2D eigenvalue weighted by Gasteiger charge is 2.30. The van der Waals surface area contributed by atoms with Gasteiger partial charge in [-0.25, -0.2) is 9.13 Å². The second-order valence-electron chi connectivity index (χ2n) is 31.4. The number of aliphatic hydroxyl groups excluding tert-OH is 1. The van der Waals surface area contributed by atoms with Crippen molar-refractivity contribution < 1.29 is 80.2 Å². The minimum atomic E-state index is -4.96. The highest BCUT2D eigenvalue weighted by atomic mass is 31.2. The van der Waals surface area contributed by atoms with E-state index in [0.29, 0.717) is 25.7 Å². The number of hydrogen-bond acceptors (Lipinski definition) is 15. The summed E-state index contributed by atoms with van der Waals surface area (Å²) in [5, 5.41) is 10.7. The first-order valence-electron chi connectivity index (χ1n) is 43.4. The molecule has 0 heterocycles. The lowest BCUT2D eigenvalue weighted by Crippen LogP contribution is -2.30. The van der Waals surface area contributed by atoms with Crippen LogP contribution in [0.15, 0.2) is 0 Å². The number of unbranched alkanes of at least 4 members (excludes halogenated alkanes) is 49. The van der Waals surface area contributed by atoms with Gasteiger partial charge in [0.25, 0.3) is 0 Å². The maximum atomic E-state index is 13.1. The minimum Gasteiger partial charge on any atom is -0.462 e. The second-order valence-corrected chi connectivity index (χ2v) is 34.3. The maximum absolute atomic E-state index is 13.1. The van der Waals surface area contributed by atoms with Gasteiger partial charge in [0.2, 0.25) is 0 Å². The standard InChI is InChI=1S/C84H164O17P2/c1-8-10-11-12-13-14-15-16-24-31-38-46-53-60-67-83(88)101-80(72-95-82(87)66-59-52-45-40-33-35-42-49-56-63-76(5)6)74-99-103(92,93)97-70-78(85)69-96-102(90,91)98-73-79(71-94-81(86)65-58-51-44-37-30-27-26-28-34-41-48-55-62-75(3)4)100-84(89)68-61-54-47-39-32-25-22-20-18-17-19-21-23-29-36-43-50-57-64-77(7)9-2/h75-80,85H,8-74H2,1-7H3,(H,90,91)(H,92,93)/t77?,78-,79-,80-/m1/s1. The summed E-state index contributed by atoms with van der Waals surface area (Å²) in [5.74, 6) is 0.291. The first-order chi connectivity index (χ1) is 49.8. The fourth-order valence-corrected chi connectivity index (χ4v) is 14.6. The second kappa shape index (κ2) is 74.2. The van der Waals surface area contributed by atoms with Crippen LogP contribution in [0.25, 0.3) is 0 Å². The van der Waals surface area contributed by atoms with Crippen molar-refractivity contribution in [3.8, 4) is 0 Å². The Morgan fingerprint density at radius 2 is 0.495 bits per heavy atom. The third-order valence-corrected chi connectivity index (χ3v) is 21.9. The zero-order valence-electron chi connectivity index (χ0n) is 67.8. The summed E-state index contributed by atoms with van der Waals surface area (Å²) in [5.41, 5.74) is 0. The molecule has 0 spiro atoms. The molecule has 3 N–H and O–H groups in total. The summed E-state index contributed by atoms with van der Waals surface area (Å²) in [6.07, 6.45) is 63.7. The van der Waals surface area contributed by atoms with Crippen molar-refractivity contribution in [2.75, 3.05) is 39.6 Å². The fourth-order valence-electron chi connectivity index (χ4n) is 13.0. The van der Waals surface area contributed by atoms with Gasteiger partial charge >= 0.3 is 39.5 Å². The van der Waals surface area contributed by atoms with Crippen molar-refractivity contribution in [3.63, 3.8) is 0 Å². The number of ether oxygens (including phenoxy) is 4. The number of rotatable bonds is 82. The quantitative estimate of drug-likeness (QED) is 0.0222. The van der Waals surface area contributed by atoms with E-state index in [1.165, 1.54) is 250 Å². The van der Waals surface area contributed by atoms with Gasteiger partial charge in [0, 0.05) is 25.7 Å². The highest BCUT2D eigenvalue weighted by molar-refractivity contribution is 7.47. The Morgan fingerprint density at radius 3 is 0.738 bits per heavy atom. The van der Waals surface area contributed by atoms with Crippen LogP contribution >= 0.6 is 15.6 Å². The minimum absolute atomic E-state index is 0.108. The van der Waals surface area contributed by atoms with E-state index in [9.17, 15) is 43.2 Å². The number of phosphoric ester groups is 2. The van der Waals surface area contributed by atoms with Gasteiger partial charge in [-0.3, -0.25) is 37.3 Å². The molecule has 103 heavy (non-hydrogen) atoms. The lowest BCUT2D eigenvalue weighted by molar-refractivity contribution is -0.161. The normalized spacial score (nSPS) is 14.2. The average molecular weight is 1510 g/mol. The molecule has 0 radical (unpaired) electrons. The molecule has 17 nitrogen and oxygen atoms in total. The molecule has 0 aliphatic heterocycles. The van der Waals surface area contributed by atoms with Gasteiger partial charge in [-0.15, -0.1) is 0 Å². The molecular formula is C84H164O17P2. The van der Waals surface area contributed by atoms with E-state index in [2.05, 4.69) is 48.5 Å². The maximum Gasteiger partial charge on any atom is 0.472 e. The van der Waals surface area contributed by atoms with Crippen LogP contribution < -0.4 is 0 Å². The molecular weight excluding hydrogens is 1340 g/mol. The molecule has 0 aromatic carbocycles. The van der Waals surface area contributed by atoms with Crippen molar-refractivity contribution in [3.05, 3.63) is 0 Å². The molecule has 0 aliphatic rings. The Kier molecular flexibility index (Phi) is 72.8. The lowest BCUT2D eigenvalue weighted by atomic mass is 9.99. The molecule has 0 fully saturated rings. The zero-order valence-corrected chi connectivity index (χ0v) is 69.6. The van der Waals surface area contributed by atoms with Gasteiger partial charge in [0.1, 0.15) is 19.3 Å². The number of esters is 4. The van der Waals surface area contributed by atoms with Crippen LogP contribution in [-0.4, -0.2) is 96.7 Å². The Balaban J connectivity index is 5.24. The summed E-state index contributed by atoms with van der Waals surface area (Å²) in [6.45, 7) is 12.0. The van der Waals surface area contributed by atoms with E-state index in [-0.39, 0.29) is 25.7 Å². The third kappa shape index (κ3) is 76.6. The first kappa shape index (κ1) is 101. The third-order valence-electron chi connectivity index (χ3n) is 20.0. The predicted molar refractivity (Wildman–Crippen MR) is 423 cm³/mol. The van der Waals surface area contributed by atoms with E-state index < -0.39 is 97.5 Å². The van der Waals surface area contributed by atoms with Crippen LogP contribution in [-0.2, 0) is 65.4 Å². The predicted octanol–water partition coefficient (Wildman–Crippen LogP) is 25.3. The largest absolute Gasteiger partial charge is 0.472 e. The molecule has 0 aromatic heterocycles. The molecule has 0 rings (SSSR count). The average Bonchev–Trinajstić information content (AvgIpc) is 0.919. The van der Waals surface area contributed by atoms with Crippen molar-refractivity contribution in [2.45, 2.75) is 458 Å². The van der Waals surface area contributed by atoms with Crippen molar-refractivity contribution in [1.82, 2.24) is 0 Å². The molecule has 3 unspecified atom stereocenters. The van der Waals surface area contributed by atoms with Crippen LogP contribution in [0.3, 0.4) is 0 Å². The Bertz CT molecular complexity index is 1990. The lowest BCUT2D eigenvalue weighted by Gasteiger charge is -2.21. The fraction of sp³-hybridized carbons (Fsp3) is 0.952. The topological polar surface area (TPSA) is 237 Å². The van der Waals surface area contributed by atoms with Gasteiger partial charge in [0.05, 0.1) is 26.4 Å². The van der Waals surface area contributed by atoms with Gasteiger partial charge in [0.15, 0.2) is 12.2 Å². The molecule has 0 amide bonds. The van der Waals surface area contributed by atoms with Gasteiger partial charge < -0.3 is 33.8 Å². The number of phosphoric acid groups is 2. The Labute approximate surface area is 632 Å². The summed E-state index contributed by atoms with van der Waals surface area (Å²) < 4.78 is 68.8. The van der Waals surface area contributed by atoms with Gasteiger partial charge in [-0.05, 0) is 43.4 Å². The molecule has 0 saturated carbocycles. The van der Waals surface area contributed by atoms with E-state index in [4.69, 9.17) is 37.0 Å². The zero-order chi connectivity index (χ0) is 75.8. The Morgan fingerprint density at radius 1 is 0.282 bits per heavy atom. The number of carbonyl (C=O) groups excluding carboxylic acids is 4. The molecule has 612 valence electrons. The SMILES string of the molecule is CCCCCCCCCCCCCCCCC(=O)O[C@H](COC(=O)CCCCCCCCCCCC(C)C)COP(=O)(O)OC[C@H](O)COP(=O)(O)OC[C@@H](COC(=O)CCCCCCCCCCCCCCC(C)C)OC(=O)CCCCCCCCCCCCCCCCCCCCC(C)CC. The van der Waals surface area contributed by atoms with Crippen LogP contribution in [0.4, 0.5) is 0 Å². The van der Waals surface area contributed by atoms with Crippen molar-refractivity contribution >= 4 is 39.5 Å². The van der Waals surface area contributed by atoms with E-state index in [1.807, 2.05) is 0 Å². The van der Waals surface area contributed by atoms with Crippen LogP contribution in [0.5, 0.6) is 0 Å². The molecule has 0 bridgehead atoms. The molecule has 0 aliphatic carbocycles. The monoisotopic (exact) mass is 1510 g/mol. The molecule has 0 aromatic rings. The number of carbonyl (C=O) groups is 4. The smallest absolute Gasteiger partial charge is 0.462 e. The van der Waals surface area contributed by atoms with E-state index >= 15 is 0 Å². The first-order valence-corrected chi connectivity index (χ1v) is 46.4. The van der Waals surface area contributed by atoms with Gasteiger partial charge in [-0.1, -0.05) is 389 Å². The summed E-state index contributed by atoms with van der Waals surface area (Å²) in [7, 11) is -9.93. The van der Waals surface area contributed by atoms with Crippen LogP contribution in [0.2, 0.25) is 0 Å². The number of hydrogen-bond donors (Lipinski definition) is 3. The Hall–Kier alpha value is -1.94. The van der Waals surface area contributed by atoms with Crippen molar-refractivity contribution in [2.24, 2.45) is 17.8 Å². The molecule has 6 atom stereocenters. The van der Waals surface area contributed by atoms with Crippen molar-refractivity contribution in [1.29, 1.82) is 0 Å². The van der Waals surface area contributed by atoms with Crippen LogP contribution in [0.1, 0.15) is 440 Å². The number of aliphatic hydroxyl groups is 1. The van der Waals surface area contributed by atoms with Gasteiger partial charge in [-0.2, -0.15) is 0 Å². The summed E-state index contributed by atoms with van der Waals surface area (Å²) >= 11 is 0. The highest BCUT2D eigenvalue weighted by Crippen LogP contribution is 2.45.